The first-order chi connectivity index (χ1) is 10.6. The van der Waals surface area contributed by atoms with E-state index in [1.54, 1.807) is 13.8 Å². The molecule has 0 spiro atoms. The summed E-state index contributed by atoms with van der Waals surface area (Å²) >= 11 is 0. The molecule has 128 valence electrons. The Morgan fingerprint density at radius 1 is 1.13 bits per heavy atom. The van der Waals surface area contributed by atoms with E-state index in [1.165, 1.54) is 11.6 Å². The molecular formula is C20H30O3. The molecule has 2 unspecified atom stereocenters. The van der Waals surface area contributed by atoms with Crippen LogP contribution >= 0.6 is 0 Å². The van der Waals surface area contributed by atoms with E-state index in [0.29, 0.717) is 29.4 Å². The van der Waals surface area contributed by atoms with Gasteiger partial charge in [-0.15, -0.1) is 0 Å². The Morgan fingerprint density at radius 3 is 2.43 bits per heavy atom. The average Bonchev–Trinajstić information content (AvgIpc) is 3.00. The third-order valence-corrected chi connectivity index (χ3v) is 5.71. The summed E-state index contributed by atoms with van der Waals surface area (Å²) in [6, 6.07) is 0. The predicted octanol–water partition coefficient (Wildman–Crippen LogP) is 3.57. The minimum Gasteiger partial charge on any atom is -0.388 e. The van der Waals surface area contributed by atoms with Crippen molar-refractivity contribution in [3.8, 4) is 0 Å². The zero-order chi connectivity index (χ0) is 17.4. The van der Waals surface area contributed by atoms with Crippen LogP contribution in [-0.4, -0.2) is 28.2 Å². The van der Waals surface area contributed by atoms with E-state index < -0.39 is 12.2 Å². The summed E-state index contributed by atoms with van der Waals surface area (Å²) < 4.78 is 0. The molecule has 2 N–H and O–H groups in total. The molecular weight excluding hydrogens is 288 g/mol. The predicted molar refractivity (Wildman–Crippen MR) is 92.9 cm³/mol. The van der Waals surface area contributed by atoms with Crippen molar-refractivity contribution in [2.45, 2.75) is 66.1 Å². The van der Waals surface area contributed by atoms with E-state index in [9.17, 15) is 15.0 Å². The van der Waals surface area contributed by atoms with Gasteiger partial charge in [-0.2, -0.15) is 0 Å². The van der Waals surface area contributed by atoms with Crippen molar-refractivity contribution < 1.29 is 15.0 Å². The number of rotatable bonds is 0. The van der Waals surface area contributed by atoms with E-state index in [2.05, 4.69) is 26.8 Å². The highest BCUT2D eigenvalue weighted by molar-refractivity contribution is 5.99. The molecule has 0 aliphatic heterocycles. The highest BCUT2D eigenvalue weighted by atomic mass is 16.3. The maximum Gasteiger partial charge on any atom is 0.190 e. The molecule has 0 amide bonds. The number of aliphatic hydroxyl groups excluding tert-OH is 2. The fourth-order valence-corrected chi connectivity index (χ4v) is 3.67. The SMILES string of the molecule is C/C1=C\CC(O)/C(C)=C/C(O)C(=O)/C(C)=C/[C@@H]2[C@H](CC1)C2(C)C. The highest BCUT2D eigenvalue weighted by Crippen LogP contribution is 2.61. The summed E-state index contributed by atoms with van der Waals surface area (Å²) in [4.78, 5) is 12.3. The molecule has 0 saturated heterocycles. The average molecular weight is 318 g/mol. The first-order valence-electron chi connectivity index (χ1n) is 8.57. The lowest BCUT2D eigenvalue weighted by atomic mass is 9.98. The number of aliphatic hydroxyl groups is 2. The fraction of sp³-hybridized carbons (Fsp3) is 0.650. The quantitative estimate of drug-likeness (QED) is 0.671. The lowest BCUT2D eigenvalue weighted by Gasteiger charge is -2.13. The number of allylic oxidation sites excluding steroid dienone is 2. The minimum atomic E-state index is -1.17. The first kappa shape index (κ1) is 18.2. The Balaban J connectivity index is 2.30. The third kappa shape index (κ3) is 4.02. The highest BCUT2D eigenvalue weighted by Gasteiger charge is 2.55. The van der Waals surface area contributed by atoms with Crippen molar-refractivity contribution in [2.75, 3.05) is 0 Å². The molecule has 0 aromatic carbocycles. The monoisotopic (exact) mass is 318 g/mol. The summed E-state index contributed by atoms with van der Waals surface area (Å²) in [7, 11) is 0. The minimum absolute atomic E-state index is 0.220. The smallest absolute Gasteiger partial charge is 0.190 e. The fourth-order valence-electron chi connectivity index (χ4n) is 3.67. The van der Waals surface area contributed by atoms with Gasteiger partial charge in [0.2, 0.25) is 0 Å². The molecule has 2 aliphatic rings. The summed E-state index contributed by atoms with van der Waals surface area (Å²) in [6.45, 7) is 10.2. The third-order valence-electron chi connectivity index (χ3n) is 5.71. The second-order valence-electron chi connectivity index (χ2n) is 7.86. The molecule has 0 aromatic rings. The van der Waals surface area contributed by atoms with Crippen LogP contribution in [0.2, 0.25) is 0 Å². The van der Waals surface area contributed by atoms with Gasteiger partial charge in [0.15, 0.2) is 5.78 Å². The topological polar surface area (TPSA) is 57.5 Å². The van der Waals surface area contributed by atoms with Gasteiger partial charge < -0.3 is 10.2 Å². The maximum absolute atomic E-state index is 12.3. The van der Waals surface area contributed by atoms with E-state index in [4.69, 9.17) is 0 Å². The molecule has 3 heteroatoms. The van der Waals surface area contributed by atoms with Crippen LogP contribution in [0.3, 0.4) is 0 Å². The van der Waals surface area contributed by atoms with Gasteiger partial charge in [-0.3, -0.25) is 4.79 Å². The number of carbonyl (C=O) groups excluding carboxylic acids is 1. The summed E-state index contributed by atoms with van der Waals surface area (Å²) in [5.41, 5.74) is 2.79. The van der Waals surface area contributed by atoms with Crippen molar-refractivity contribution in [1.29, 1.82) is 0 Å². The van der Waals surface area contributed by atoms with Crippen molar-refractivity contribution >= 4 is 5.78 Å². The van der Waals surface area contributed by atoms with Crippen LogP contribution in [0, 0.1) is 17.3 Å². The molecule has 0 aromatic heterocycles. The van der Waals surface area contributed by atoms with Gasteiger partial charge in [0.25, 0.3) is 0 Å². The van der Waals surface area contributed by atoms with Gasteiger partial charge in [-0.25, -0.2) is 0 Å². The number of hydrogen-bond donors (Lipinski definition) is 2. The van der Waals surface area contributed by atoms with E-state index >= 15 is 0 Å². The standard InChI is InChI=1S/C20H30O3/c1-12-6-8-15-16(20(15,4)5)10-14(3)19(23)18(22)11-13(2)17(21)9-7-12/h7,10-11,15-18,21-22H,6,8-9H2,1-5H3/b12-7+,13-11+,14-10+/t15-,16+,17?,18?/m0/s1. The normalized spacial score (nSPS) is 42.2. The zero-order valence-corrected chi connectivity index (χ0v) is 15.0. The molecule has 0 bridgehead atoms. The van der Waals surface area contributed by atoms with Crippen molar-refractivity contribution in [3.63, 3.8) is 0 Å². The summed E-state index contributed by atoms with van der Waals surface area (Å²) in [5, 5.41) is 20.3. The van der Waals surface area contributed by atoms with Crippen LogP contribution in [0.1, 0.15) is 53.9 Å². The maximum atomic E-state index is 12.3. The van der Waals surface area contributed by atoms with Crippen LogP contribution < -0.4 is 0 Å². The lowest BCUT2D eigenvalue weighted by Crippen LogP contribution is -2.21. The molecule has 2 aliphatic carbocycles. The Labute approximate surface area is 139 Å². The number of fused-ring (bicyclic) bond motifs is 1. The molecule has 23 heavy (non-hydrogen) atoms. The van der Waals surface area contributed by atoms with Gasteiger partial charge >= 0.3 is 0 Å². The Kier molecular flexibility index (Phi) is 5.32. The number of carbonyl (C=O) groups is 1. The van der Waals surface area contributed by atoms with Crippen molar-refractivity contribution in [3.05, 3.63) is 34.9 Å². The summed E-state index contributed by atoms with van der Waals surface area (Å²) in [5.74, 6) is 0.725. The zero-order valence-electron chi connectivity index (χ0n) is 15.0. The van der Waals surface area contributed by atoms with Gasteiger partial charge in [0, 0.05) is 0 Å². The van der Waals surface area contributed by atoms with E-state index in [-0.39, 0.29) is 11.2 Å². The van der Waals surface area contributed by atoms with Gasteiger partial charge in [0.05, 0.1) is 6.10 Å². The van der Waals surface area contributed by atoms with Gasteiger partial charge in [-0.05, 0) is 74.5 Å². The first-order valence-corrected chi connectivity index (χ1v) is 8.57. The van der Waals surface area contributed by atoms with Crippen molar-refractivity contribution in [1.82, 2.24) is 0 Å². The lowest BCUT2D eigenvalue weighted by molar-refractivity contribution is -0.121. The molecule has 0 radical (unpaired) electrons. The number of ketones is 1. The number of hydrogen-bond acceptors (Lipinski definition) is 3. The molecule has 3 nitrogen and oxygen atoms in total. The van der Waals surface area contributed by atoms with E-state index in [1.807, 2.05) is 6.08 Å². The second-order valence-corrected chi connectivity index (χ2v) is 7.86. The van der Waals surface area contributed by atoms with E-state index in [0.717, 1.165) is 12.8 Å². The van der Waals surface area contributed by atoms with Crippen molar-refractivity contribution in [2.24, 2.45) is 17.3 Å². The van der Waals surface area contributed by atoms with Crippen LogP contribution in [0.15, 0.2) is 34.9 Å². The van der Waals surface area contributed by atoms with Gasteiger partial charge in [-0.1, -0.05) is 31.6 Å². The number of Topliss-reactive ketones (excluding diaryl/α,β-unsaturated/α-hetero) is 1. The molecule has 1 fully saturated rings. The molecule has 4 atom stereocenters. The van der Waals surface area contributed by atoms with Crippen LogP contribution in [0.5, 0.6) is 0 Å². The molecule has 0 heterocycles. The van der Waals surface area contributed by atoms with Crippen LogP contribution in [0.25, 0.3) is 0 Å². The Bertz CT molecular complexity index is 565. The summed E-state index contributed by atoms with van der Waals surface area (Å²) in [6.07, 6.45) is 6.44. The van der Waals surface area contributed by atoms with Gasteiger partial charge in [0.1, 0.15) is 6.10 Å². The molecule has 1 saturated carbocycles. The van der Waals surface area contributed by atoms with Crippen LogP contribution in [0.4, 0.5) is 0 Å². The molecule has 2 rings (SSSR count). The Hall–Kier alpha value is -1.19. The second kappa shape index (κ2) is 6.74. The Morgan fingerprint density at radius 2 is 1.78 bits per heavy atom. The largest absolute Gasteiger partial charge is 0.388 e. The van der Waals surface area contributed by atoms with Crippen LogP contribution in [-0.2, 0) is 4.79 Å².